The number of aromatic nitrogens is 1. The minimum Gasteiger partial charge on any atom is -0.481 e. The van der Waals surface area contributed by atoms with Crippen LogP contribution in [0.4, 0.5) is 11.5 Å². The van der Waals surface area contributed by atoms with Gasteiger partial charge in [0, 0.05) is 18.8 Å². The van der Waals surface area contributed by atoms with Crippen LogP contribution < -0.4 is 5.32 Å². The Balaban J connectivity index is 2.88. The number of aliphatic carboxylic acids is 1. The van der Waals surface area contributed by atoms with Gasteiger partial charge in [0.25, 0.3) is 0 Å². The Morgan fingerprint density at radius 1 is 1.63 bits per heavy atom. The lowest BCUT2D eigenvalue weighted by Crippen LogP contribution is -2.28. The standard InChI is InChI=1S/C11H14ClN3O4/c1-6(2)8(11(16)17)5-14-10-9(15(18)19)3-7(12)4-13-10/h3-4,6,8H,5H2,1-2H3,(H,13,14)(H,16,17). The molecular formula is C11H14ClN3O4. The van der Waals surface area contributed by atoms with Crippen LogP contribution in [-0.2, 0) is 4.79 Å². The number of hydrogen-bond acceptors (Lipinski definition) is 5. The summed E-state index contributed by atoms with van der Waals surface area (Å²) >= 11 is 5.64. The van der Waals surface area contributed by atoms with Crippen LogP contribution in [0.25, 0.3) is 0 Å². The summed E-state index contributed by atoms with van der Waals surface area (Å²) in [4.78, 5) is 25.1. The minimum atomic E-state index is -0.959. The summed E-state index contributed by atoms with van der Waals surface area (Å²) in [7, 11) is 0. The number of hydrogen-bond donors (Lipinski definition) is 2. The van der Waals surface area contributed by atoms with E-state index in [2.05, 4.69) is 10.3 Å². The predicted molar refractivity (Wildman–Crippen MR) is 70.4 cm³/mol. The minimum absolute atomic E-state index is 0.0151. The molecule has 0 spiro atoms. The van der Waals surface area contributed by atoms with Crippen LogP contribution in [0, 0.1) is 22.0 Å². The molecular weight excluding hydrogens is 274 g/mol. The van der Waals surface area contributed by atoms with Gasteiger partial charge in [-0.2, -0.15) is 0 Å². The molecule has 0 aromatic carbocycles. The summed E-state index contributed by atoms with van der Waals surface area (Å²) in [5, 5.41) is 22.7. The van der Waals surface area contributed by atoms with Crippen molar-refractivity contribution in [2.24, 2.45) is 11.8 Å². The first kappa shape index (κ1) is 15.2. The van der Waals surface area contributed by atoms with E-state index in [0.717, 1.165) is 0 Å². The summed E-state index contributed by atoms with van der Waals surface area (Å²) in [5.41, 5.74) is -0.277. The zero-order valence-corrected chi connectivity index (χ0v) is 11.2. The van der Waals surface area contributed by atoms with Crippen LogP contribution in [0.2, 0.25) is 5.02 Å². The van der Waals surface area contributed by atoms with Crippen LogP contribution in [-0.4, -0.2) is 27.5 Å². The van der Waals surface area contributed by atoms with Gasteiger partial charge in [-0.1, -0.05) is 25.4 Å². The normalized spacial score (nSPS) is 12.2. The third-order valence-corrected chi connectivity index (χ3v) is 2.85. The SMILES string of the molecule is CC(C)C(CNc1ncc(Cl)cc1[N+](=O)[O-])C(=O)O. The molecule has 0 saturated carbocycles. The third kappa shape index (κ3) is 4.06. The van der Waals surface area contributed by atoms with Crippen molar-refractivity contribution in [1.29, 1.82) is 0 Å². The van der Waals surface area contributed by atoms with E-state index in [9.17, 15) is 14.9 Å². The second-order valence-electron chi connectivity index (χ2n) is 4.35. The summed E-state index contributed by atoms with van der Waals surface area (Å²) in [5.74, 6) is -1.70. The maximum atomic E-state index is 11.0. The molecule has 0 radical (unpaired) electrons. The molecule has 1 aromatic rings. The van der Waals surface area contributed by atoms with Gasteiger partial charge in [-0.3, -0.25) is 14.9 Å². The summed E-state index contributed by atoms with van der Waals surface area (Å²) < 4.78 is 0. The van der Waals surface area contributed by atoms with E-state index < -0.39 is 16.8 Å². The van der Waals surface area contributed by atoms with E-state index in [4.69, 9.17) is 16.7 Å². The van der Waals surface area contributed by atoms with Crippen LogP contribution in [0.5, 0.6) is 0 Å². The van der Waals surface area contributed by atoms with Crippen LogP contribution >= 0.6 is 11.6 Å². The van der Waals surface area contributed by atoms with Crippen molar-refractivity contribution < 1.29 is 14.8 Å². The van der Waals surface area contributed by atoms with E-state index in [1.807, 2.05) is 0 Å². The molecule has 1 aromatic heterocycles. The first-order valence-electron chi connectivity index (χ1n) is 5.59. The Morgan fingerprint density at radius 2 is 2.26 bits per heavy atom. The lowest BCUT2D eigenvalue weighted by molar-refractivity contribution is -0.384. The molecule has 1 atom stereocenters. The summed E-state index contributed by atoms with van der Waals surface area (Å²) in [6, 6.07) is 1.17. The number of carboxylic acid groups (broad SMARTS) is 1. The van der Waals surface area contributed by atoms with Gasteiger partial charge < -0.3 is 10.4 Å². The van der Waals surface area contributed by atoms with Gasteiger partial charge in [-0.25, -0.2) is 4.98 Å². The maximum Gasteiger partial charge on any atom is 0.312 e. The van der Waals surface area contributed by atoms with Crippen LogP contribution in [0.3, 0.4) is 0 Å². The smallest absolute Gasteiger partial charge is 0.312 e. The topological polar surface area (TPSA) is 105 Å². The Morgan fingerprint density at radius 3 is 2.74 bits per heavy atom. The van der Waals surface area contributed by atoms with Crippen LogP contribution in [0.1, 0.15) is 13.8 Å². The average molecular weight is 288 g/mol. The largest absolute Gasteiger partial charge is 0.481 e. The predicted octanol–water partition coefficient (Wildman–Crippen LogP) is 2.41. The molecule has 0 aliphatic carbocycles. The first-order chi connectivity index (χ1) is 8.82. The third-order valence-electron chi connectivity index (χ3n) is 2.64. The van der Waals surface area contributed by atoms with Crippen molar-refractivity contribution in [3.8, 4) is 0 Å². The highest BCUT2D eigenvalue weighted by molar-refractivity contribution is 6.30. The van der Waals surface area contributed by atoms with Crippen molar-refractivity contribution in [2.45, 2.75) is 13.8 Å². The molecule has 1 rings (SSSR count). The number of rotatable bonds is 6. The second-order valence-corrected chi connectivity index (χ2v) is 4.78. The first-order valence-corrected chi connectivity index (χ1v) is 5.97. The van der Waals surface area contributed by atoms with E-state index in [0.29, 0.717) is 0 Å². The second kappa shape index (κ2) is 6.33. The van der Waals surface area contributed by atoms with E-state index in [-0.39, 0.29) is 29.0 Å². The molecule has 0 aliphatic rings. The lowest BCUT2D eigenvalue weighted by Gasteiger charge is -2.16. The fourth-order valence-corrected chi connectivity index (χ4v) is 1.67. The van der Waals surface area contributed by atoms with Crippen molar-refractivity contribution in [2.75, 3.05) is 11.9 Å². The number of pyridine rings is 1. The van der Waals surface area contributed by atoms with Gasteiger partial charge in [0.1, 0.15) is 0 Å². The molecule has 2 N–H and O–H groups in total. The Hall–Kier alpha value is -1.89. The van der Waals surface area contributed by atoms with Crippen LogP contribution in [0.15, 0.2) is 12.3 Å². The maximum absolute atomic E-state index is 11.0. The molecule has 8 heteroatoms. The number of nitrogens with one attached hydrogen (secondary N) is 1. The van der Waals surface area contributed by atoms with Crippen molar-refractivity contribution >= 4 is 29.1 Å². The van der Waals surface area contributed by atoms with Crippen molar-refractivity contribution in [3.63, 3.8) is 0 Å². The average Bonchev–Trinajstić information content (AvgIpc) is 2.29. The molecule has 0 saturated heterocycles. The lowest BCUT2D eigenvalue weighted by atomic mass is 9.96. The number of carbonyl (C=O) groups is 1. The van der Waals surface area contributed by atoms with Gasteiger partial charge >= 0.3 is 11.7 Å². The van der Waals surface area contributed by atoms with Gasteiger partial charge in [0.15, 0.2) is 0 Å². The molecule has 104 valence electrons. The molecule has 0 fully saturated rings. The van der Waals surface area contributed by atoms with Gasteiger partial charge in [-0.05, 0) is 5.92 Å². The number of nitrogens with zero attached hydrogens (tertiary/aromatic N) is 2. The fraction of sp³-hybridized carbons (Fsp3) is 0.455. The molecule has 0 aliphatic heterocycles. The summed E-state index contributed by atoms with van der Waals surface area (Å²) in [6.07, 6.45) is 1.27. The molecule has 0 bridgehead atoms. The highest BCUT2D eigenvalue weighted by atomic mass is 35.5. The molecule has 1 heterocycles. The van der Waals surface area contributed by atoms with Gasteiger partial charge in [0.2, 0.25) is 5.82 Å². The molecule has 19 heavy (non-hydrogen) atoms. The highest BCUT2D eigenvalue weighted by Gasteiger charge is 2.23. The zero-order valence-electron chi connectivity index (χ0n) is 10.5. The molecule has 1 unspecified atom stereocenters. The van der Waals surface area contributed by atoms with E-state index in [1.54, 1.807) is 13.8 Å². The van der Waals surface area contributed by atoms with Crippen molar-refractivity contribution in [3.05, 3.63) is 27.4 Å². The van der Waals surface area contributed by atoms with E-state index >= 15 is 0 Å². The fourth-order valence-electron chi connectivity index (χ4n) is 1.52. The van der Waals surface area contributed by atoms with Crippen molar-refractivity contribution in [1.82, 2.24) is 4.98 Å². The Kier molecular flexibility index (Phi) is 5.05. The number of halogens is 1. The van der Waals surface area contributed by atoms with Gasteiger partial charge in [-0.15, -0.1) is 0 Å². The Labute approximate surface area is 114 Å². The quantitative estimate of drug-likeness (QED) is 0.615. The molecule has 0 amide bonds. The number of nitro groups is 1. The summed E-state index contributed by atoms with van der Waals surface area (Å²) in [6.45, 7) is 3.59. The number of anilines is 1. The zero-order chi connectivity index (χ0) is 14.6. The highest BCUT2D eigenvalue weighted by Crippen LogP contribution is 2.25. The van der Waals surface area contributed by atoms with Gasteiger partial charge in [0.05, 0.1) is 15.9 Å². The number of carboxylic acids is 1. The Bertz CT molecular complexity index is 493. The molecule has 7 nitrogen and oxygen atoms in total. The van der Waals surface area contributed by atoms with E-state index in [1.165, 1.54) is 12.3 Å². The monoisotopic (exact) mass is 287 g/mol.